The quantitative estimate of drug-likeness (QED) is 0.0960. The second-order valence-corrected chi connectivity index (χ2v) is 8.53. The van der Waals surface area contributed by atoms with Gasteiger partial charge in [-0.25, -0.2) is 4.79 Å². The number of aromatic hydroxyl groups is 1. The molecule has 4 unspecified atom stereocenters. The summed E-state index contributed by atoms with van der Waals surface area (Å²) in [4.78, 5) is 82.9. The number of nitrogens with two attached hydrogens (primary N) is 2. The Morgan fingerprint density at radius 2 is 1.26 bits per heavy atom. The van der Waals surface area contributed by atoms with Crippen molar-refractivity contribution < 1.29 is 54.0 Å². The first kappa shape index (κ1) is 32.3. The van der Waals surface area contributed by atoms with E-state index in [4.69, 9.17) is 21.7 Å². The van der Waals surface area contributed by atoms with Crippen molar-refractivity contribution in [3.8, 4) is 5.75 Å². The Morgan fingerprint density at radius 1 is 0.718 bits per heavy atom. The van der Waals surface area contributed by atoms with Crippen LogP contribution in [0.25, 0.3) is 0 Å². The molecule has 1 aromatic carbocycles. The monoisotopic (exact) mass is 553 g/mol. The third-order valence-electron chi connectivity index (χ3n) is 5.32. The van der Waals surface area contributed by atoms with E-state index in [0.717, 1.165) is 0 Å². The summed E-state index contributed by atoms with van der Waals surface area (Å²) in [7, 11) is 0. The van der Waals surface area contributed by atoms with E-state index >= 15 is 0 Å². The summed E-state index contributed by atoms with van der Waals surface area (Å²) in [5.74, 6) is -8.24. The summed E-state index contributed by atoms with van der Waals surface area (Å²) in [5, 5.41) is 43.0. The molecule has 4 atom stereocenters. The molecule has 214 valence electrons. The summed E-state index contributed by atoms with van der Waals surface area (Å²) >= 11 is 0. The molecular formula is C23H31N5O11. The molecule has 0 radical (unpaired) electrons. The highest BCUT2D eigenvalue weighted by molar-refractivity contribution is 5.95. The van der Waals surface area contributed by atoms with Gasteiger partial charge in [0.25, 0.3) is 0 Å². The molecule has 16 heteroatoms. The van der Waals surface area contributed by atoms with Crippen LogP contribution < -0.4 is 27.4 Å². The zero-order valence-corrected chi connectivity index (χ0v) is 20.7. The number of benzene rings is 1. The van der Waals surface area contributed by atoms with E-state index in [9.17, 15) is 43.8 Å². The van der Waals surface area contributed by atoms with Gasteiger partial charge < -0.3 is 47.8 Å². The van der Waals surface area contributed by atoms with Crippen LogP contribution in [0.1, 0.15) is 37.7 Å². The molecule has 0 aliphatic rings. The maximum atomic E-state index is 13.2. The molecule has 39 heavy (non-hydrogen) atoms. The highest BCUT2D eigenvalue weighted by Gasteiger charge is 2.31. The molecule has 0 aliphatic heterocycles. The molecule has 0 fully saturated rings. The molecule has 0 spiro atoms. The highest BCUT2D eigenvalue weighted by atomic mass is 16.4. The number of carboxylic acids is 3. The van der Waals surface area contributed by atoms with Crippen molar-refractivity contribution in [1.29, 1.82) is 0 Å². The van der Waals surface area contributed by atoms with Crippen molar-refractivity contribution >= 4 is 41.5 Å². The van der Waals surface area contributed by atoms with E-state index in [1.54, 1.807) is 0 Å². The third kappa shape index (κ3) is 12.4. The normalized spacial score (nSPS) is 13.7. The minimum absolute atomic E-state index is 0.0722. The summed E-state index contributed by atoms with van der Waals surface area (Å²) < 4.78 is 0. The highest BCUT2D eigenvalue weighted by Crippen LogP contribution is 2.12. The van der Waals surface area contributed by atoms with Gasteiger partial charge in [0.05, 0.1) is 12.5 Å². The second-order valence-electron chi connectivity index (χ2n) is 8.53. The Bertz CT molecular complexity index is 1080. The van der Waals surface area contributed by atoms with E-state index in [0.29, 0.717) is 5.56 Å². The molecular weight excluding hydrogens is 522 g/mol. The van der Waals surface area contributed by atoms with Crippen LogP contribution in [0, 0.1) is 0 Å². The number of hydrogen-bond donors (Lipinski definition) is 9. The number of aliphatic carboxylic acids is 3. The zero-order chi connectivity index (χ0) is 29.7. The average Bonchev–Trinajstić information content (AvgIpc) is 2.84. The van der Waals surface area contributed by atoms with Crippen LogP contribution in [0.15, 0.2) is 24.3 Å². The van der Waals surface area contributed by atoms with Crippen molar-refractivity contribution in [2.24, 2.45) is 11.5 Å². The van der Waals surface area contributed by atoms with Crippen molar-refractivity contribution in [2.45, 2.75) is 62.7 Å². The molecule has 0 heterocycles. The standard InChI is InChI=1S/C23H31N5O11/c24-13(5-8-18(31)32)20(35)27-15(9-11-1-3-12(29)4-2-11)22(37)26-14(6-7-17(25)30)21(36)28-16(23(38)39)10-19(33)34/h1-4,13-16,29H,5-10,24H2,(H2,25,30)(H,26,37)(H,27,35)(H,28,36)(H,31,32)(H,33,34)(H,38,39). The molecule has 4 amide bonds. The lowest BCUT2D eigenvalue weighted by Gasteiger charge is -2.25. The van der Waals surface area contributed by atoms with Crippen LogP contribution in [0.3, 0.4) is 0 Å². The second kappa shape index (κ2) is 15.5. The van der Waals surface area contributed by atoms with Gasteiger partial charge in [0.15, 0.2) is 0 Å². The number of carbonyl (C=O) groups excluding carboxylic acids is 4. The first-order valence-corrected chi connectivity index (χ1v) is 11.6. The number of rotatable bonds is 17. The SMILES string of the molecule is NC(=O)CCC(NC(=O)C(Cc1ccc(O)cc1)NC(=O)C(N)CCC(=O)O)C(=O)NC(CC(=O)O)C(=O)O. The summed E-state index contributed by atoms with van der Waals surface area (Å²) in [6.45, 7) is 0. The topological polar surface area (TPSA) is 289 Å². The van der Waals surface area contributed by atoms with Crippen LogP contribution in [0.4, 0.5) is 0 Å². The van der Waals surface area contributed by atoms with Gasteiger partial charge in [-0.3, -0.25) is 28.8 Å². The van der Waals surface area contributed by atoms with Crippen molar-refractivity contribution in [3.05, 3.63) is 29.8 Å². The minimum atomic E-state index is -1.84. The molecule has 0 saturated carbocycles. The van der Waals surface area contributed by atoms with Crippen LogP contribution in [-0.4, -0.2) is 86.1 Å². The lowest BCUT2D eigenvalue weighted by molar-refractivity contribution is -0.147. The first-order valence-electron chi connectivity index (χ1n) is 11.6. The molecule has 0 aromatic heterocycles. The predicted molar refractivity (Wildman–Crippen MR) is 131 cm³/mol. The van der Waals surface area contributed by atoms with Gasteiger partial charge >= 0.3 is 17.9 Å². The summed E-state index contributed by atoms with van der Waals surface area (Å²) in [5.41, 5.74) is 11.3. The molecule has 0 aliphatic carbocycles. The van der Waals surface area contributed by atoms with Crippen LogP contribution >= 0.6 is 0 Å². The van der Waals surface area contributed by atoms with Crippen molar-refractivity contribution in [3.63, 3.8) is 0 Å². The largest absolute Gasteiger partial charge is 0.508 e. The van der Waals surface area contributed by atoms with E-state index in [2.05, 4.69) is 10.6 Å². The molecule has 1 aromatic rings. The van der Waals surface area contributed by atoms with Crippen LogP contribution in [0.5, 0.6) is 5.75 Å². The van der Waals surface area contributed by atoms with E-state index in [1.807, 2.05) is 5.32 Å². The van der Waals surface area contributed by atoms with Gasteiger partial charge in [-0.2, -0.15) is 0 Å². The van der Waals surface area contributed by atoms with Crippen LogP contribution in [0.2, 0.25) is 0 Å². The van der Waals surface area contributed by atoms with Crippen LogP contribution in [-0.2, 0) is 40.0 Å². The number of amides is 4. The smallest absolute Gasteiger partial charge is 0.326 e. The van der Waals surface area contributed by atoms with Gasteiger partial charge in [-0.1, -0.05) is 12.1 Å². The van der Waals surface area contributed by atoms with Gasteiger partial charge in [-0.15, -0.1) is 0 Å². The summed E-state index contributed by atoms with van der Waals surface area (Å²) in [6.07, 6.45) is -2.59. The average molecular weight is 554 g/mol. The Kier molecular flexibility index (Phi) is 12.8. The van der Waals surface area contributed by atoms with Gasteiger partial charge in [0, 0.05) is 19.3 Å². The lowest BCUT2D eigenvalue weighted by Crippen LogP contribution is -2.57. The fourth-order valence-corrected chi connectivity index (χ4v) is 3.24. The van der Waals surface area contributed by atoms with E-state index < -0.39 is 85.0 Å². The number of carbonyl (C=O) groups is 7. The fraction of sp³-hybridized carbons (Fsp3) is 0.435. The van der Waals surface area contributed by atoms with Gasteiger partial charge in [0.1, 0.15) is 23.9 Å². The number of hydrogen-bond acceptors (Lipinski definition) is 9. The Morgan fingerprint density at radius 3 is 1.77 bits per heavy atom. The fourth-order valence-electron chi connectivity index (χ4n) is 3.24. The molecule has 1 rings (SSSR count). The molecule has 11 N–H and O–H groups in total. The number of carboxylic acid groups (broad SMARTS) is 3. The number of phenols is 1. The lowest BCUT2D eigenvalue weighted by atomic mass is 10.0. The van der Waals surface area contributed by atoms with Crippen molar-refractivity contribution in [2.75, 3.05) is 0 Å². The molecule has 0 saturated heterocycles. The van der Waals surface area contributed by atoms with Gasteiger partial charge in [-0.05, 0) is 30.5 Å². The third-order valence-corrected chi connectivity index (χ3v) is 5.32. The van der Waals surface area contributed by atoms with E-state index in [-0.39, 0.29) is 25.0 Å². The maximum Gasteiger partial charge on any atom is 0.326 e. The maximum absolute atomic E-state index is 13.2. The van der Waals surface area contributed by atoms with E-state index in [1.165, 1.54) is 24.3 Å². The minimum Gasteiger partial charge on any atom is -0.508 e. The molecule has 16 nitrogen and oxygen atoms in total. The Labute approximate surface area is 221 Å². The Balaban J connectivity index is 3.17. The number of primary amides is 1. The Hall–Kier alpha value is -4.73. The number of phenolic OH excluding ortho intramolecular Hbond substituents is 1. The first-order chi connectivity index (χ1) is 18.2. The molecule has 0 bridgehead atoms. The van der Waals surface area contributed by atoms with Crippen molar-refractivity contribution in [1.82, 2.24) is 16.0 Å². The predicted octanol–water partition coefficient (Wildman–Crippen LogP) is -2.59. The number of nitrogens with one attached hydrogen (secondary N) is 3. The summed E-state index contributed by atoms with van der Waals surface area (Å²) in [6, 6.07) is -0.540. The zero-order valence-electron chi connectivity index (χ0n) is 20.7. The van der Waals surface area contributed by atoms with Gasteiger partial charge in [0.2, 0.25) is 23.6 Å².